The van der Waals surface area contributed by atoms with Crippen molar-refractivity contribution in [2.24, 2.45) is 0 Å². The normalized spacial score (nSPS) is 12.9. The molecular weight excluding hydrogens is 152 g/mol. The molecule has 11 heavy (non-hydrogen) atoms. The number of rotatable bonds is 3. The summed E-state index contributed by atoms with van der Waals surface area (Å²) >= 11 is 4.44. The summed E-state index contributed by atoms with van der Waals surface area (Å²) in [7, 11) is 0. The number of thiol groups is 1. The van der Waals surface area contributed by atoms with Crippen LogP contribution in [0.5, 0.6) is 0 Å². The van der Waals surface area contributed by atoms with Crippen LogP contribution in [0, 0.1) is 0 Å². The Labute approximate surface area is 74.0 Å². The monoisotopic (exact) mass is 166 g/mol. The van der Waals surface area contributed by atoms with Crippen LogP contribution in [0.1, 0.15) is 18.9 Å². The van der Waals surface area contributed by atoms with Gasteiger partial charge in [-0.05, 0) is 18.4 Å². The minimum Gasteiger partial charge on any atom is -0.176 e. The van der Waals surface area contributed by atoms with Gasteiger partial charge in [0.25, 0.3) is 0 Å². The van der Waals surface area contributed by atoms with Crippen LogP contribution < -0.4 is 0 Å². The maximum atomic E-state index is 4.44. The second kappa shape index (κ2) is 4.45. The van der Waals surface area contributed by atoms with Crippen molar-refractivity contribution >= 4 is 12.6 Å². The lowest BCUT2D eigenvalue weighted by atomic mass is 10.1. The van der Waals surface area contributed by atoms with Crippen LogP contribution in [0.15, 0.2) is 30.3 Å². The molecule has 0 N–H and O–H groups in total. The van der Waals surface area contributed by atoms with E-state index in [2.05, 4.69) is 43.8 Å². The molecule has 1 unspecified atom stereocenters. The largest absolute Gasteiger partial charge is 0.176 e. The van der Waals surface area contributed by atoms with E-state index in [-0.39, 0.29) is 0 Å². The van der Waals surface area contributed by atoms with E-state index in [0.29, 0.717) is 5.25 Å². The van der Waals surface area contributed by atoms with Crippen LogP contribution >= 0.6 is 12.6 Å². The zero-order valence-corrected chi connectivity index (χ0v) is 7.72. The third-order valence-corrected chi connectivity index (χ3v) is 2.33. The SMILES string of the molecule is CCC(S)Cc1ccccc1. The minimum atomic E-state index is 0.511. The average molecular weight is 166 g/mol. The summed E-state index contributed by atoms with van der Waals surface area (Å²) in [6, 6.07) is 10.5. The third-order valence-electron chi connectivity index (χ3n) is 1.79. The molecule has 0 bridgehead atoms. The lowest BCUT2D eigenvalue weighted by Crippen LogP contribution is -2.00. The van der Waals surface area contributed by atoms with Gasteiger partial charge in [-0.2, -0.15) is 12.6 Å². The lowest BCUT2D eigenvalue weighted by molar-refractivity contribution is 0.822. The standard InChI is InChI=1S/C10H14S/c1-2-10(11)8-9-6-4-3-5-7-9/h3-7,10-11H,2,8H2,1H3. The second-order valence-corrected chi connectivity index (χ2v) is 3.48. The van der Waals surface area contributed by atoms with Gasteiger partial charge in [-0.25, -0.2) is 0 Å². The maximum absolute atomic E-state index is 4.44. The van der Waals surface area contributed by atoms with E-state index in [4.69, 9.17) is 0 Å². The molecule has 1 aromatic carbocycles. The summed E-state index contributed by atoms with van der Waals surface area (Å²) in [5, 5.41) is 0.511. The Kier molecular flexibility index (Phi) is 3.50. The Balaban J connectivity index is 2.51. The van der Waals surface area contributed by atoms with Gasteiger partial charge in [0.15, 0.2) is 0 Å². The van der Waals surface area contributed by atoms with E-state index in [1.165, 1.54) is 5.56 Å². The van der Waals surface area contributed by atoms with Crippen LogP contribution in [0.4, 0.5) is 0 Å². The molecule has 1 aromatic rings. The zero-order chi connectivity index (χ0) is 8.10. The summed E-state index contributed by atoms with van der Waals surface area (Å²) in [4.78, 5) is 0. The van der Waals surface area contributed by atoms with Crippen molar-refractivity contribution in [1.82, 2.24) is 0 Å². The fourth-order valence-electron chi connectivity index (χ4n) is 1.03. The smallest absolute Gasteiger partial charge is 0.00545 e. The Morgan fingerprint density at radius 3 is 2.45 bits per heavy atom. The summed E-state index contributed by atoms with van der Waals surface area (Å²) in [6.45, 7) is 2.17. The first-order valence-corrected chi connectivity index (χ1v) is 4.56. The highest BCUT2D eigenvalue weighted by Crippen LogP contribution is 2.09. The van der Waals surface area contributed by atoms with Gasteiger partial charge in [0.1, 0.15) is 0 Å². The van der Waals surface area contributed by atoms with E-state index in [1.807, 2.05) is 6.07 Å². The summed E-state index contributed by atoms with van der Waals surface area (Å²) < 4.78 is 0. The van der Waals surface area contributed by atoms with Gasteiger partial charge in [0.05, 0.1) is 0 Å². The number of benzene rings is 1. The molecular formula is C10H14S. The van der Waals surface area contributed by atoms with E-state index in [0.717, 1.165) is 12.8 Å². The molecule has 1 rings (SSSR count). The van der Waals surface area contributed by atoms with Gasteiger partial charge >= 0.3 is 0 Å². The Morgan fingerprint density at radius 2 is 1.91 bits per heavy atom. The first kappa shape index (κ1) is 8.66. The third kappa shape index (κ3) is 2.98. The van der Waals surface area contributed by atoms with E-state index in [1.54, 1.807) is 0 Å². The predicted molar refractivity (Wildman–Crippen MR) is 53.2 cm³/mol. The molecule has 0 saturated carbocycles. The number of hydrogen-bond acceptors (Lipinski definition) is 1. The molecule has 0 aromatic heterocycles. The summed E-state index contributed by atoms with van der Waals surface area (Å²) in [5.41, 5.74) is 1.38. The quantitative estimate of drug-likeness (QED) is 0.656. The summed E-state index contributed by atoms with van der Waals surface area (Å²) in [5.74, 6) is 0. The fraction of sp³-hybridized carbons (Fsp3) is 0.400. The van der Waals surface area contributed by atoms with Gasteiger partial charge < -0.3 is 0 Å². The van der Waals surface area contributed by atoms with Crippen LogP contribution in [0.3, 0.4) is 0 Å². The van der Waals surface area contributed by atoms with Crippen LogP contribution in [-0.2, 0) is 6.42 Å². The molecule has 0 heterocycles. The molecule has 0 saturated heterocycles. The van der Waals surface area contributed by atoms with E-state index < -0.39 is 0 Å². The average Bonchev–Trinajstić information content (AvgIpc) is 2.06. The van der Waals surface area contributed by atoms with E-state index in [9.17, 15) is 0 Å². The molecule has 0 spiro atoms. The van der Waals surface area contributed by atoms with Gasteiger partial charge in [-0.15, -0.1) is 0 Å². The first-order valence-electron chi connectivity index (χ1n) is 4.05. The highest BCUT2D eigenvalue weighted by molar-refractivity contribution is 7.80. The molecule has 0 fully saturated rings. The second-order valence-electron chi connectivity index (χ2n) is 2.75. The predicted octanol–water partition coefficient (Wildman–Crippen LogP) is 2.94. The zero-order valence-electron chi connectivity index (χ0n) is 6.83. The maximum Gasteiger partial charge on any atom is 0.00545 e. The molecule has 0 nitrogen and oxygen atoms in total. The van der Waals surface area contributed by atoms with Crippen molar-refractivity contribution in [2.45, 2.75) is 25.0 Å². The van der Waals surface area contributed by atoms with E-state index >= 15 is 0 Å². The molecule has 0 radical (unpaired) electrons. The Morgan fingerprint density at radius 1 is 1.27 bits per heavy atom. The Hall–Kier alpha value is -0.430. The molecule has 60 valence electrons. The Bertz CT molecular complexity index is 193. The van der Waals surface area contributed by atoms with Gasteiger partial charge in [0.2, 0.25) is 0 Å². The lowest BCUT2D eigenvalue weighted by Gasteiger charge is -2.06. The van der Waals surface area contributed by atoms with Crippen molar-refractivity contribution in [3.05, 3.63) is 35.9 Å². The van der Waals surface area contributed by atoms with Crippen LogP contribution in [0.2, 0.25) is 0 Å². The molecule has 1 heteroatoms. The van der Waals surface area contributed by atoms with Gasteiger partial charge in [0, 0.05) is 5.25 Å². The van der Waals surface area contributed by atoms with Gasteiger partial charge in [-0.3, -0.25) is 0 Å². The molecule has 1 atom stereocenters. The summed E-state index contributed by atoms with van der Waals surface area (Å²) in [6.07, 6.45) is 2.22. The number of hydrogen-bond donors (Lipinski definition) is 1. The van der Waals surface area contributed by atoms with Gasteiger partial charge in [-0.1, -0.05) is 37.3 Å². The van der Waals surface area contributed by atoms with Crippen LogP contribution in [-0.4, -0.2) is 5.25 Å². The van der Waals surface area contributed by atoms with Crippen molar-refractivity contribution in [2.75, 3.05) is 0 Å². The van der Waals surface area contributed by atoms with Crippen molar-refractivity contribution < 1.29 is 0 Å². The van der Waals surface area contributed by atoms with Crippen molar-refractivity contribution in [1.29, 1.82) is 0 Å². The topological polar surface area (TPSA) is 0 Å². The van der Waals surface area contributed by atoms with Crippen molar-refractivity contribution in [3.8, 4) is 0 Å². The fourth-order valence-corrected chi connectivity index (χ4v) is 1.24. The molecule has 0 aliphatic heterocycles. The molecule has 0 amide bonds. The van der Waals surface area contributed by atoms with Crippen molar-refractivity contribution in [3.63, 3.8) is 0 Å². The minimum absolute atomic E-state index is 0.511. The first-order chi connectivity index (χ1) is 5.33. The highest BCUT2D eigenvalue weighted by atomic mass is 32.1. The highest BCUT2D eigenvalue weighted by Gasteiger charge is 1.99. The molecule has 0 aliphatic carbocycles. The van der Waals surface area contributed by atoms with Crippen LogP contribution in [0.25, 0.3) is 0 Å². The molecule has 0 aliphatic rings.